The first-order valence-electron chi connectivity index (χ1n) is 9.42. The molecular formula is C21H18F6N4O2. The zero-order valence-corrected chi connectivity index (χ0v) is 17.5. The quantitative estimate of drug-likeness (QED) is 0.377. The van der Waals surface area contributed by atoms with E-state index < -0.39 is 29.2 Å². The summed E-state index contributed by atoms with van der Waals surface area (Å²) in [6, 6.07) is 6.21. The molecule has 3 aromatic rings. The van der Waals surface area contributed by atoms with Gasteiger partial charge in [0.15, 0.2) is 11.4 Å². The van der Waals surface area contributed by atoms with Gasteiger partial charge in [-0.2, -0.15) is 26.3 Å². The third-order valence-corrected chi connectivity index (χ3v) is 4.65. The number of halogens is 6. The van der Waals surface area contributed by atoms with Crippen LogP contribution in [0.2, 0.25) is 0 Å². The molecule has 0 radical (unpaired) electrons. The lowest BCUT2D eigenvalue weighted by Crippen LogP contribution is -2.44. The summed E-state index contributed by atoms with van der Waals surface area (Å²) < 4.78 is 86.7. The Morgan fingerprint density at radius 1 is 1.06 bits per heavy atom. The smallest absolute Gasteiger partial charge is 0.427 e. The number of carbonyl (C=O) groups is 1. The third kappa shape index (κ3) is 5.10. The van der Waals surface area contributed by atoms with Crippen molar-refractivity contribution in [3.63, 3.8) is 0 Å². The number of aryl methyl sites for hydroxylation is 1. The second-order valence-electron chi connectivity index (χ2n) is 7.62. The maximum absolute atomic E-state index is 13.6. The number of carbonyl (C=O) groups excluding carboxylic acids is 1. The predicted octanol–water partition coefficient (Wildman–Crippen LogP) is 5.55. The normalized spacial score (nSPS) is 12.5. The molecule has 6 nitrogen and oxygen atoms in total. The highest BCUT2D eigenvalue weighted by atomic mass is 19.4. The van der Waals surface area contributed by atoms with Crippen molar-refractivity contribution in [3.05, 3.63) is 53.9 Å². The minimum absolute atomic E-state index is 0.0659. The Morgan fingerprint density at radius 3 is 2.36 bits per heavy atom. The van der Waals surface area contributed by atoms with Crippen molar-refractivity contribution in [2.24, 2.45) is 0 Å². The summed E-state index contributed by atoms with van der Waals surface area (Å²) in [5, 5.41) is 6.27. The molecule has 1 N–H and O–H groups in total. The van der Waals surface area contributed by atoms with E-state index in [1.807, 2.05) is 0 Å². The molecule has 2 heterocycles. The van der Waals surface area contributed by atoms with Crippen molar-refractivity contribution in [2.45, 2.75) is 38.7 Å². The molecule has 176 valence electrons. The summed E-state index contributed by atoms with van der Waals surface area (Å²) in [6.45, 7) is 3.31. The van der Waals surface area contributed by atoms with Gasteiger partial charge in [-0.15, -0.1) is 5.10 Å². The molecule has 12 heteroatoms. The lowest BCUT2D eigenvalue weighted by atomic mass is 10.1. The van der Waals surface area contributed by atoms with Gasteiger partial charge in [0.2, 0.25) is 6.41 Å². The van der Waals surface area contributed by atoms with E-state index in [0.29, 0.717) is 12.0 Å². The number of hydrogen-bond donors (Lipinski definition) is 1. The van der Waals surface area contributed by atoms with E-state index in [4.69, 9.17) is 4.74 Å². The van der Waals surface area contributed by atoms with Crippen LogP contribution in [0.5, 0.6) is 5.75 Å². The van der Waals surface area contributed by atoms with Crippen LogP contribution in [0.4, 0.5) is 32.2 Å². The fraction of sp³-hybridized carbons (Fsp3) is 0.286. The van der Waals surface area contributed by atoms with Crippen molar-refractivity contribution in [1.29, 1.82) is 0 Å². The van der Waals surface area contributed by atoms with Gasteiger partial charge in [-0.05, 0) is 50.6 Å². The summed E-state index contributed by atoms with van der Waals surface area (Å²) in [7, 11) is 0. The summed E-state index contributed by atoms with van der Waals surface area (Å²) in [6.07, 6.45) is -7.20. The van der Waals surface area contributed by atoms with Crippen LogP contribution in [0.25, 0.3) is 16.9 Å². The molecule has 3 rings (SSSR count). The Hall–Kier alpha value is -3.57. The first-order chi connectivity index (χ1) is 15.2. The number of nitrogens with one attached hydrogen (secondary N) is 1. The highest BCUT2D eigenvalue weighted by Crippen LogP contribution is 2.38. The largest absolute Gasteiger partial charge is 0.478 e. The molecule has 1 aromatic carbocycles. The van der Waals surface area contributed by atoms with Gasteiger partial charge >= 0.3 is 12.4 Å². The maximum atomic E-state index is 13.6. The maximum Gasteiger partial charge on any atom is 0.427 e. The number of aromatic nitrogens is 3. The minimum atomic E-state index is -4.74. The number of benzene rings is 1. The van der Waals surface area contributed by atoms with Crippen molar-refractivity contribution in [1.82, 2.24) is 14.8 Å². The van der Waals surface area contributed by atoms with Gasteiger partial charge in [0, 0.05) is 17.8 Å². The number of anilines is 1. The molecular weight excluding hydrogens is 454 g/mol. The average molecular weight is 472 g/mol. The fourth-order valence-corrected chi connectivity index (χ4v) is 3.00. The second kappa shape index (κ2) is 8.41. The Labute approximate surface area is 184 Å². The highest BCUT2D eigenvalue weighted by Gasteiger charge is 2.49. The van der Waals surface area contributed by atoms with Gasteiger partial charge < -0.3 is 10.1 Å². The number of amides is 1. The van der Waals surface area contributed by atoms with Crippen molar-refractivity contribution in [2.75, 3.05) is 5.32 Å². The van der Waals surface area contributed by atoms with Crippen LogP contribution in [0.3, 0.4) is 0 Å². The molecule has 0 saturated carbocycles. The lowest BCUT2D eigenvalue weighted by molar-refractivity contribution is -0.234. The molecule has 0 aliphatic carbocycles. The van der Waals surface area contributed by atoms with E-state index >= 15 is 0 Å². The molecule has 0 atom stereocenters. The molecule has 0 aliphatic rings. The van der Waals surface area contributed by atoms with Gasteiger partial charge in [-0.1, -0.05) is 0 Å². The summed E-state index contributed by atoms with van der Waals surface area (Å²) in [5.41, 5.74) is -3.22. The predicted molar refractivity (Wildman–Crippen MR) is 107 cm³/mol. The van der Waals surface area contributed by atoms with Gasteiger partial charge in [-0.25, -0.2) is 4.68 Å². The lowest BCUT2D eigenvalue weighted by Gasteiger charge is -2.29. The number of nitrogens with zero attached hydrogens (tertiary/aromatic N) is 3. The van der Waals surface area contributed by atoms with Crippen LogP contribution in [0.15, 0.2) is 42.7 Å². The van der Waals surface area contributed by atoms with Gasteiger partial charge in [0.05, 0.1) is 23.1 Å². The summed E-state index contributed by atoms with van der Waals surface area (Å²) in [5.74, 6) is -0.219. The number of ether oxygens (including phenoxy) is 1. The van der Waals surface area contributed by atoms with Crippen LogP contribution < -0.4 is 10.1 Å². The van der Waals surface area contributed by atoms with Gasteiger partial charge in [0.25, 0.3) is 0 Å². The first-order valence-corrected chi connectivity index (χ1v) is 9.42. The van der Waals surface area contributed by atoms with Gasteiger partial charge in [-0.3, -0.25) is 9.78 Å². The van der Waals surface area contributed by atoms with E-state index in [1.165, 1.54) is 24.3 Å². The van der Waals surface area contributed by atoms with E-state index in [1.54, 1.807) is 6.92 Å². The van der Waals surface area contributed by atoms with Crippen LogP contribution in [0, 0.1) is 6.92 Å². The van der Waals surface area contributed by atoms with Crippen LogP contribution >= 0.6 is 0 Å². The van der Waals surface area contributed by atoms with Crippen molar-refractivity contribution < 1.29 is 35.9 Å². The Bertz CT molecular complexity index is 1170. The Morgan fingerprint density at radius 2 is 1.76 bits per heavy atom. The summed E-state index contributed by atoms with van der Waals surface area (Å²) >= 11 is 0. The van der Waals surface area contributed by atoms with E-state index in [9.17, 15) is 31.1 Å². The molecule has 0 saturated heterocycles. The van der Waals surface area contributed by atoms with Gasteiger partial charge in [0.1, 0.15) is 5.75 Å². The van der Waals surface area contributed by atoms with Crippen molar-refractivity contribution in [3.8, 4) is 22.7 Å². The van der Waals surface area contributed by atoms with E-state index in [0.717, 1.165) is 37.0 Å². The highest BCUT2D eigenvalue weighted by molar-refractivity contribution is 5.74. The molecule has 0 fully saturated rings. The fourth-order valence-electron chi connectivity index (χ4n) is 3.00. The molecule has 0 aliphatic heterocycles. The molecule has 0 bridgehead atoms. The monoisotopic (exact) mass is 472 g/mol. The molecule has 0 spiro atoms. The number of hydrogen-bond acceptors (Lipinski definition) is 4. The molecule has 1 amide bonds. The SMILES string of the molecule is Cc1cc(OC(C)(C)C(F)(F)F)cc(-c2cc(NC=O)nn2-c2cnccc2C(F)(F)F)c1. The standard InChI is InChI=1S/C21H18F6N4O2/c1-12-6-13(8-14(7-12)33-19(2,3)21(25,26)27)16-9-18(29-11-32)30-31(16)17-10-28-5-4-15(17)20(22,23)24/h4-11H,1-3H3,(H,29,30,32). The van der Waals surface area contributed by atoms with Crippen LogP contribution in [0.1, 0.15) is 25.0 Å². The third-order valence-electron chi connectivity index (χ3n) is 4.65. The number of pyridine rings is 1. The first kappa shape index (κ1) is 24.1. The average Bonchev–Trinajstić information content (AvgIpc) is 3.10. The summed E-state index contributed by atoms with van der Waals surface area (Å²) in [4.78, 5) is 14.6. The van der Waals surface area contributed by atoms with Crippen molar-refractivity contribution >= 4 is 12.2 Å². The molecule has 0 unspecified atom stereocenters. The zero-order valence-electron chi connectivity index (χ0n) is 17.5. The number of rotatable bonds is 6. The van der Waals surface area contributed by atoms with E-state index in [-0.39, 0.29) is 22.8 Å². The molecule has 2 aromatic heterocycles. The van der Waals surface area contributed by atoms with Crippen LogP contribution in [-0.2, 0) is 11.0 Å². The zero-order chi connectivity index (χ0) is 24.6. The topological polar surface area (TPSA) is 69.0 Å². The number of alkyl halides is 6. The second-order valence-corrected chi connectivity index (χ2v) is 7.62. The van der Waals surface area contributed by atoms with E-state index in [2.05, 4.69) is 15.4 Å². The minimum Gasteiger partial charge on any atom is -0.478 e. The Balaban J connectivity index is 2.19. The molecule has 33 heavy (non-hydrogen) atoms. The Kier molecular flexibility index (Phi) is 6.14. The van der Waals surface area contributed by atoms with Crippen LogP contribution in [-0.4, -0.2) is 33.0 Å².